The van der Waals surface area contributed by atoms with E-state index in [4.69, 9.17) is 4.74 Å². The fraction of sp³-hybridized carbons (Fsp3) is 1.00. The van der Waals surface area contributed by atoms with Crippen LogP contribution in [-0.2, 0) is 4.74 Å². The normalized spacial score (nSPS) is 45.0. The van der Waals surface area contributed by atoms with Crippen LogP contribution in [0.3, 0.4) is 0 Å². The van der Waals surface area contributed by atoms with Gasteiger partial charge in [0.1, 0.15) is 18.3 Å². The molecule has 0 radical (unpaired) electrons. The number of ether oxygens (including phenoxy) is 1. The summed E-state index contributed by atoms with van der Waals surface area (Å²) in [5, 5.41) is 27.6. The summed E-state index contributed by atoms with van der Waals surface area (Å²) in [5.74, 6) is 0. The van der Waals surface area contributed by atoms with E-state index in [1.54, 1.807) is 13.8 Å². The number of aliphatic hydroxyl groups excluding tert-OH is 3. The van der Waals surface area contributed by atoms with Crippen molar-refractivity contribution in [3.8, 4) is 0 Å². The Bertz CT molecular complexity index is 126. The van der Waals surface area contributed by atoms with Gasteiger partial charge in [0.05, 0.1) is 12.2 Å². The van der Waals surface area contributed by atoms with Gasteiger partial charge in [-0.25, -0.2) is 0 Å². The predicted molar refractivity (Wildman–Crippen MR) is 49.4 cm³/mol. The second-order valence-corrected chi connectivity index (χ2v) is 3.02. The Hall–Kier alpha value is -0.160. The number of hydrogen-bond acceptors (Lipinski definition) is 4. The van der Waals surface area contributed by atoms with Gasteiger partial charge < -0.3 is 20.1 Å². The largest absolute Gasteiger partial charge is 0.388 e. The van der Waals surface area contributed by atoms with E-state index in [1.807, 2.05) is 13.8 Å². The standard InChI is InChI=1S/C7H14O4.C2H6/c1-3-5(8)7(10)6(9)4(2)11-3;1-2/h3-10H,1-2H3;1-2H3/t3-,4+,5-,6-,7?;/m1./s1. The van der Waals surface area contributed by atoms with Crippen molar-refractivity contribution in [3.63, 3.8) is 0 Å². The molecule has 1 rings (SSSR count). The molecule has 0 aromatic carbocycles. The molecule has 0 aromatic heterocycles. The average molecular weight is 192 g/mol. The predicted octanol–water partition coefficient (Wildman–Crippen LogP) is -0.0975. The highest BCUT2D eigenvalue weighted by atomic mass is 16.5. The number of hydrogen-bond donors (Lipinski definition) is 3. The van der Waals surface area contributed by atoms with Crippen molar-refractivity contribution < 1.29 is 20.1 Å². The Kier molecular flexibility index (Phi) is 5.48. The maximum Gasteiger partial charge on any atom is 0.111 e. The van der Waals surface area contributed by atoms with Crippen molar-refractivity contribution in [2.75, 3.05) is 0 Å². The molecule has 4 heteroatoms. The van der Waals surface area contributed by atoms with Crippen LogP contribution in [0, 0.1) is 0 Å². The molecule has 0 amide bonds. The smallest absolute Gasteiger partial charge is 0.111 e. The van der Waals surface area contributed by atoms with Crippen molar-refractivity contribution in [1.29, 1.82) is 0 Å². The highest BCUT2D eigenvalue weighted by molar-refractivity contribution is 4.88. The lowest BCUT2D eigenvalue weighted by Crippen LogP contribution is -2.55. The molecular formula is C9H20O4. The first-order valence-electron chi connectivity index (χ1n) is 4.73. The van der Waals surface area contributed by atoms with Gasteiger partial charge in [0.2, 0.25) is 0 Å². The Balaban J connectivity index is 0.000000671. The molecule has 1 fully saturated rings. The SMILES string of the molecule is CC.C[C@@H]1O[C@H](C)[C@@H](O)C(O)[C@@H]1O. The summed E-state index contributed by atoms with van der Waals surface area (Å²) < 4.78 is 5.12. The van der Waals surface area contributed by atoms with Gasteiger partial charge in [-0.3, -0.25) is 0 Å². The Labute approximate surface area is 79.2 Å². The highest BCUT2D eigenvalue weighted by Crippen LogP contribution is 2.19. The maximum absolute atomic E-state index is 9.21. The van der Waals surface area contributed by atoms with Gasteiger partial charge >= 0.3 is 0 Å². The molecule has 4 nitrogen and oxygen atoms in total. The van der Waals surface area contributed by atoms with Crippen molar-refractivity contribution in [2.45, 2.75) is 58.2 Å². The van der Waals surface area contributed by atoms with Gasteiger partial charge in [-0.15, -0.1) is 0 Å². The second kappa shape index (κ2) is 5.54. The summed E-state index contributed by atoms with van der Waals surface area (Å²) in [6.07, 6.45) is -3.89. The van der Waals surface area contributed by atoms with Gasteiger partial charge in [0.25, 0.3) is 0 Å². The fourth-order valence-electron chi connectivity index (χ4n) is 1.26. The molecule has 1 heterocycles. The van der Waals surface area contributed by atoms with E-state index in [0.717, 1.165) is 0 Å². The van der Waals surface area contributed by atoms with Crippen LogP contribution < -0.4 is 0 Å². The minimum Gasteiger partial charge on any atom is -0.388 e. The molecule has 0 aliphatic carbocycles. The fourth-order valence-corrected chi connectivity index (χ4v) is 1.26. The summed E-state index contributed by atoms with van der Waals surface area (Å²) in [7, 11) is 0. The third kappa shape index (κ3) is 2.91. The van der Waals surface area contributed by atoms with E-state index in [1.165, 1.54) is 0 Å². The van der Waals surface area contributed by atoms with Crippen LogP contribution >= 0.6 is 0 Å². The van der Waals surface area contributed by atoms with E-state index in [-0.39, 0.29) is 0 Å². The molecule has 1 saturated heterocycles. The van der Waals surface area contributed by atoms with Gasteiger partial charge in [-0.1, -0.05) is 13.8 Å². The van der Waals surface area contributed by atoms with Crippen LogP contribution in [0.5, 0.6) is 0 Å². The Morgan fingerprint density at radius 3 is 1.38 bits per heavy atom. The van der Waals surface area contributed by atoms with E-state index in [0.29, 0.717) is 0 Å². The minimum atomic E-state index is -1.09. The Morgan fingerprint density at radius 2 is 1.08 bits per heavy atom. The summed E-state index contributed by atoms with van der Waals surface area (Å²) in [6.45, 7) is 7.33. The van der Waals surface area contributed by atoms with Gasteiger partial charge in [-0.05, 0) is 13.8 Å². The molecule has 1 unspecified atom stereocenters. The summed E-state index contributed by atoms with van der Waals surface area (Å²) >= 11 is 0. The van der Waals surface area contributed by atoms with Crippen molar-refractivity contribution >= 4 is 0 Å². The van der Waals surface area contributed by atoms with E-state index in [9.17, 15) is 15.3 Å². The first-order valence-corrected chi connectivity index (χ1v) is 4.73. The molecule has 3 N–H and O–H groups in total. The van der Waals surface area contributed by atoms with Crippen molar-refractivity contribution in [2.24, 2.45) is 0 Å². The zero-order valence-corrected chi connectivity index (χ0v) is 8.64. The Morgan fingerprint density at radius 1 is 0.769 bits per heavy atom. The zero-order chi connectivity index (χ0) is 10.6. The molecule has 1 aliphatic rings. The van der Waals surface area contributed by atoms with Crippen molar-refractivity contribution in [1.82, 2.24) is 0 Å². The molecule has 1 aliphatic heterocycles. The average Bonchev–Trinajstić information content (AvgIpc) is 2.15. The topological polar surface area (TPSA) is 69.9 Å². The van der Waals surface area contributed by atoms with Crippen LogP contribution in [0.25, 0.3) is 0 Å². The van der Waals surface area contributed by atoms with Crippen LogP contribution in [0.2, 0.25) is 0 Å². The maximum atomic E-state index is 9.21. The van der Waals surface area contributed by atoms with Crippen LogP contribution in [0.1, 0.15) is 27.7 Å². The first kappa shape index (κ1) is 12.8. The third-order valence-corrected chi connectivity index (χ3v) is 2.09. The highest BCUT2D eigenvalue weighted by Gasteiger charge is 2.39. The monoisotopic (exact) mass is 192 g/mol. The molecule has 0 saturated carbocycles. The molecule has 0 bridgehead atoms. The van der Waals surface area contributed by atoms with Gasteiger partial charge in [0.15, 0.2) is 0 Å². The molecule has 0 spiro atoms. The first-order chi connectivity index (χ1) is 6.04. The third-order valence-electron chi connectivity index (χ3n) is 2.09. The van der Waals surface area contributed by atoms with E-state index in [2.05, 4.69) is 0 Å². The minimum absolute atomic E-state index is 0.414. The summed E-state index contributed by atoms with van der Waals surface area (Å²) in [6, 6.07) is 0. The molecule has 80 valence electrons. The van der Waals surface area contributed by atoms with E-state index < -0.39 is 30.5 Å². The molecular weight excluding hydrogens is 172 g/mol. The van der Waals surface area contributed by atoms with Crippen LogP contribution in [-0.4, -0.2) is 45.8 Å². The second-order valence-electron chi connectivity index (χ2n) is 3.02. The van der Waals surface area contributed by atoms with E-state index >= 15 is 0 Å². The molecule has 13 heavy (non-hydrogen) atoms. The molecule has 5 atom stereocenters. The lowest BCUT2D eigenvalue weighted by atomic mass is 9.97. The van der Waals surface area contributed by atoms with Crippen LogP contribution in [0.4, 0.5) is 0 Å². The van der Waals surface area contributed by atoms with Crippen LogP contribution in [0.15, 0.2) is 0 Å². The summed E-state index contributed by atoms with van der Waals surface area (Å²) in [5.41, 5.74) is 0. The van der Waals surface area contributed by atoms with Gasteiger partial charge in [0, 0.05) is 0 Å². The summed E-state index contributed by atoms with van der Waals surface area (Å²) in [4.78, 5) is 0. The lowest BCUT2D eigenvalue weighted by Gasteiger charge is -2.37. The quantitative estimate of drug-likeness (QED) is 0.501. The number of aliphatic hydroxyl groups is 3. The lowest BCUT2D eigenvalue weighted by molar-refractivity contribution is -0.211. The van der Waals surface area contributed by atoms with Gasteiger partial charge in [-0.2, -0.15) is 0 Å². The zero-order valence-electron chi connectivity index (χ0n) is 8.64. The number of rotatable bonds is 0. The van der Waals surface area contributed by atoms with Crippen molar-refractivity contribution in [3.05, 3.63) is 0 Å². The molecule has 0 aromatic rings.